The molecule has 0 bridgehead atoms. The highest BCUT2D eigenvalue weighted by molar-refractivity contribution is 9.09. The first-order chi connectivity index (χ1) is 33.0. The molecule has 0 saturated carbocycles. The number of alkyl halides is 1. The number of aliphatic hydroxyl groups excluding tert-OH is 2. The number of hydrogen-bond donors (Lipinski definition) is 8. The molecule has 0 aromatic carbocycles. The molecule has 0 unspecified atom stereocenters. The lowest BCUT2D eigenvalue weighted by Gasteiger charge is -2.34. The predicted octanol–water partition coefficient (Wildman–Crippen LogP) is -0.0873. The van der Waals surface area contributed by atoms with Gasteiger partial charge in [0.1, 0.15) is 39.3 Å². The summed E-state index contributed by atoms with van der Waals surface area (Å²) in [5, 5.41) is 46.5. The number of aliphatic carboxylic acids is 1. The van der Waals surface area contributed by atoms with Gasteiger partial charge in [-0.3, -0.25) is 73.9 Å². The Kier molecular flexibility index (Phi) is 42.6. The van der Waals surface area contributed by atoms with Crippen LogP contribution in [0.2, 0.25) is 0 Å². The lowest BCUT2D eigenvalue weighted by atomic mass is 10.2. The van der Waals surface area contributed by atoms with Crippen LogP contribution in [0.4, 0.5) is 0 Å². The molecule has 426 valence electrons. The molecule has 28 heteroatoms. The highest BCUT2D eigenvalue weighted by Crippen LogP contribution is 2.13. The third-order valence-electron chi connectivity index (χ3n) is 7.39. The number of carbonyl (C=O) groups is 7. The zero-order valence-electron chi connectivity index (χ0n) is 45.2. The van der Waals surface area contributed by atoms with E-state index >= 15 is 0 Å². The monoisotopic (exact) mass is 1110 g/mol. The Balaban J connectivity index is -0.000000547. The van der Waals surface area contributed by atoms with Crippen molar-refractivity contribution < 1.29 is 88.1 Å². The van der Waals surface area contributed by atoms with E-state index in [0.29, 0.717) is 13.3 Å². The fourth-order valence-corrected chi connectivity index (χ4v) is 5.52. The fraction of sp³-hybridized carbons (Fsp3) is 0.841. The molecular formula is C44H90BrN9O18. The summed E-state index contributed by atoms with van der Waals surface area (Å²) in [5.74, 6) is -3.25. The second kappa shape index (κ2) is 40.9. The minimum absolute atomic E-state index is 0.00391. The summed E-state index contributed by atoms with van der Waals surface area (Å²) in [7, 11) is 0. The minimum atomic E-state index is -1.07. The standard InChI is InChI=1S/C26H47N3O8.C10H23N3O8.C6H11BrO2.C2H9N3/c1-19(30)12-27(13-20(2)31)17-29(16-23(34)37-26(9,10)11)18-28(14-21(32)35-24(3,4)5)15-22(33)36-25(6,7)8;14-8-13(9-15)7-12(5-10(16)17)6-11(1-3-20-18)2-4-21-19;1-6(2,3)9-5(8)4-7;3-1-5-2-4/h12-18H2,1-11H3;14-15,18-19H,1-9H2,(H,16,17);4H2,1-3H3;5H,1-4H2. The number of halogens is 1. The fourth-order valence-electron chi connectivity index (χ4n) is 5.40. The van der Waals surface area contributed by atoms with E-state index in [0.717, 1.165) is 0 Å². The zero-order chi connectivity index (χ0) is 56.9. The van der Waals surface area contributed by atoms with Gasteiger partial charge in [-0.1, -0.05) is 15.9 Å². The maximum atomic E-state index is 12.7. The summed E-state index contributed by atoms with van der Waals surface area (Å²) in [6.45, 7) is 23.7. The van der Waals surface area contributed by atoms with Gasteiger partial charge in [0, 0.05) is 26.4 Å². The number of carboxylic acids is 1. The zero-order valence-corrected chi connectivity index (χ0v) is 46.8. The van der Waals surface area contributed by atoms with Gasteiger partial charge in [-0.15, -0.1) is 0 Å². The topological polar surface area (TPSA) is 360 Å². The summed E-state index contributed by atoms with van der Waals surface area (Å²) in [6.07, 6.45) is 0. The molecule has 0 aliphatic rings. The van der Waals surface area contributed by atoms with Crippen LogP contribution in [-0.2, 0) is 62.3 Å². The average molecular weight is 1110 g/mol. The molecular weight excluding hydrogens is 1020 g/mol. The molecule has 0 atom stereocenters. The number of esters is 4. The summed E-state index contributed by atoms with van der Waals surface area (Å²) in [4.78, 5) is 99.9. The molecule has 0 aromatic rings. The first-order valence-electron chi connectivity index (χ1n) is 22.8. The van der Waals surface area contributed by atoms with Crippen molar-refractivity contribution >= 4 is 57.3 Å². The van der Waals surface area contributed by atoms with E-state index in [4.69, 9.17) is 56.2 Å². The third-order valence-corrected chi connectivity index (χ3v) is 7.84. The first-order valence-corrected chi connectivity index (χ1v) is 23.9. The Morgan fingerprint density at radius 2 is 0.764 bits per heavy atom. The van der Waals surface area contributed by atoms with Gasteiger partial charge in [0.15, 0.2) is 0 Å². The normalized spacial score (nSPS) is 11.9. The van der Waals surface area contributed by atoms with Gasteiger partial charge in [-0.05, 0) is 96.9 Å². The number of carboxylic acid groups (broad SMARTS) is 1. The average Bonchev–Trinajstić information content (AvgIpc) is 3.18. The van der Waals surface area contributed by atoms with Gasteiger partial charge >= 0.3 is 29.8 Å². The highest BCUT2D eigenvalue weighted by Gasteiger charge is 2.28. The Morgan fingerprint density at radius 3 is 1.01 bits per heavy atom. The van der Waals surface area contributed by atoms with E-state index in [-0.39, 0.29) is 121 Å². The Morgan fingerprint density at radius 1 is 0.472 bits per heavy atom. The van der Waals surface area contributed by atoms with Gasteiger partial charge in [0.25, 0.3) is 0 Å². The van der Waals surface area contributed by atoms with E-state index in [9.17, 15) is 33.6 Å². The van der Waals surface area contributed by atoms with Crippen molar-refractivity contribution in [3.63, 3.8) is 0 Å². The number of rotatable bonds is 31. The first kappa shape index (κ1) is 75.1. The van der Waals surface area contributed by atoms with Crippen molar-refractivity contribution in [2.24, 2.45) is 11.5 Å². The van der Waals surface area contributed by atoms with Crippen molar-refractivity contribution in [2.75, 3.05) is 124 Å². The molecule has 27 nitrogen and oxygen atoms in total. The third kappa shape index (κ3) is 54.3. The number of hydrogen-bond acceptors (Lipinski definition) is 26. The molecule has 0 fully saturated rings. The summed E-state index contributed by atoms with van der Waals surface area (Å²) in [5.41, 5.74) is 7.35. The van der Waals surface area contributed by atoms with Crippen molar-refractivity contribution in [1.82, 2.24) is 34.7 Å². The summed E-state index contributed by atoms with van der Waals surface area (Å²) < 4.78 is 21.2. The maximum Gasteiger partial charge on any atom is 0.320 e. The number of ether oxygens (including phenoxy) is 4. The van der Waals surface area contributed by atoms with Crippen LogP contribution in [0, 0.1) is 0 Å². The second-order valence-corrected chi connectivity index (χ2v) is 20.4. The van der Waals surface area contributed by atoms with Crippen molar-refractivity contribution in [2.45, 2.75) is 119 Å². The molecule has 0 radical (unpaired) electrons. The van der Waals surface area contributed by atoms with E-state index in [1.54, 1.807) is 77.0 Å². The van der Waals surface area contributed by atoms with Crippen LogP contribution in [0.25, 0.3) is 0 Å². The molecule has 0 aliphatic heterocycles. The molecule has 0 rings (SSSR count). The van der Waals surface area contributed by atoms with Crippen molar-refractivity contribution in [3.8, 4) is 0 Å². The van der Waals surface area contributed by atoms with Gasteiger partial charge in [-0.2, -0.15) is 0 Å². The molecule has 0 saturated heterocycles. The molecule has 0 spiro atoms. The molecule has 0 aliphatic carbocycles. The van der Waals surface area contributed by atoms with Crippen molar-refractivity contribution in [1.29, 1.82) is 0 Å². The predicted molar refractivity (Wildman–Crippen MR) is 268 cm³/mol. The van der Waals surface area contributed by atoms with E-state index in [1.807, 2.05) is 20.8 Å². The molecule has 0 aromatic heterocycles. The van der Waals surface area contributed by atoms with Gasteiger partial charge in [0.2, 0.25) is 0 Å². The van der Waals surface area contributed by atoms with Crippen LogP contribution >= 0.6 is 15.9 Å². The van der Waals surface area contributed by atoms with Gasteiger partial charge in [-0.25, -0.2) is 14.7 Å². The van der Waals surface area contributed by atoms with Crippen LogP contribution in [0.1, 0.15) is 96.9 Å². The number of nitrogens with zero attached hydrogens (tertiary/aromatic N) is 6. The number of nitrogens with two attached hydrogens (primary N) is 2. The Bertz CT molecular complexity index is 1470. The highest BCUT2D eigenvalue weighted by atomic mass is 79.9. The Hall–Kier alpha value is -3.43. The van der Waals surface area contributed by atoms with Gasteiger partial charge < -0.3 is 45.7 Å². The second-order valence-electron chi connectivity index (χ2n) is 19.9. The maximum absolute atomic E-state index is 12.7. The lowest BCUT2D eigenvalue weighted by Crippen LogP contribution is -2.51. The largest absolute Gasteiger partial charge is 0.480 e. The van der Waals surface area contributed by atoms with Crippen LogP contribution in [0.5, 0.6) is 0 Å². The van der Waals surface area contributed by atoms with Crippen molar-refractivity contribution in [3.05, 3.63) is 0 Å². The number of aliphatic hydroxyl groups is 2. The van der Waals surface area contributed by atoms with Crippen LogP contribution in [-0.4, -0.2) is 243 Å². The Labute approximate surface area is 434 Å². The van der Waals surface area contributed by atoms with Crippen LogP contribution < -0.4 is 16.8 Å². The van der Waals surface area contributed by atoms with E-state index in [1.165, 1.54) is 28.5 Å². The van der Waals surface area contributed by atoms with E-state index < -0.39 is 54.1 Å². The number of carbonyl (C=O) groups excluding carboxylic acids is 6. The number of Topliss-reactive ketones (excluding diaryl/α,β-unsaturated/α-hetero) is 2. The molecule has 0 heterocycles. The summed E-state index contributed by atoms with van der Waals surface area (Å²) in [6, 6.07) is 0. The lowest BCUT2D eigenvalue weighted by molar-refractivity contribution is -0.252. The molecule has 72 heavy (non-hydrogen) atoms. The van der Waals surface area contributed by atoms with E-state index in [2.05, 4.69) is 31.0 Å². The van der Waals surface area contributed by atoms with Gasteiger partial charge in [0.05, 0.1) is 92.6 Å². The quantitative estimate of drug-likeness (QED) is 0.0112. The summed E-state index contributed by atoms with van der Waals surface area (Å²) >= 11 is 2.99. The number of nitrogens with one attached hydrogen (secondary N) is 1. The van der Waals surface area contributed by atoms with Crippen LogP contribution in [0.3, 0.4) is 0 Å². The number of ketones is 2. The molecule has 0 amide bonds. The SMILES string of the molecule is CC(=O)CN(CC(C)=O)CN(CC(=O)OC(C)(C)C)CN(CC(=O)OC(C)(C)C)CC(=O)OC(C)(C)C.CC(C)(C)OC(=O)CBr.NCNCN.O=C(O)CN(CN(CO)CO)CN(CCOO)CCOO. The van der Waals surface area contributed by atoms with Crippen LogP contribution in [0.15, 0.2) is 0 Å². The smallest absolute Gasteiger partial charge is 0.320 e. The molecule has 10 N–H and O–H groups in total. The minimum Gasteiger partial charge on any atom is -0.480 e.